The van der Waals surface area contributed by atoms with Crippen molar-refractivity contribution >= 4 is 29.2 Å². The highest BCUT2D eigenvalue weighted by Gasteiger charge is 2.22. The van der Waals surface area contributed by atoms with Crippen molar-refractivity contribution in [2.45, 2.75) is 65.6 Å². The highest BCUT2D eigenvalue weighted by atomic mass is 16.5. The maximum atomic E-state index is 11.5. The SMILES string of the molecule is CCCCc1ccc(COC2CCN(c3ncnc(Nc4cccc(NC(C)=O)c4C)n3)CC2)cc1. The predicted molar refractivity (Wildman–Crippen MR) is 144 cm³/mol. The van der Waals surface area contributed by atoms with E-state index in [0.29, 0.717) is 18.5 Å². The molecule has 1 fully saturated rings. The zero-order chi connectivity index (χ0) is 25.3. The summed E-state index contributed by atoms with van der Waals surface area (Å²) >= 11 is 0. The lowest BCUT2D eigenvalue weighted by Crippen LogP contribution is -2.38. The number of benzene rings is 2. The van der Waals surface area contributed by atoms with Gasteiger partial charge in [-0.05, 0) is 61.4 Å². The van der Waals surface area contributed by atoms with Crippen LogP contribution in [-0.2, 0) is 22.6 Å². The number of aromatic nitrogens is 3. The van der Waals surface area contributed by atoms with Gasteiger partial charge in [-0.25, -0.2) is 9.97 Å². The minimum atomic E-state index is -0.106. The normalized spacial score (nSPS) is 14.0. The molecule has 8 nitrogen and oxygen atoms in total. The van der Waals surface area contributed by atoms with Crippen LogP contribution in [0.2, 0.25) is 0 Å². The van der Waals surface area contributed by atoms with Crippen molar-refractivity contribution in [2.24, 2.45) is 0 Å². The summed E-state index contributed by atoms with van der Waals surface area (Å²) in [5.74, 6) is 1.03. The third-order valence-corrected chi connectivity index (χ3v) is 6.50. The average Bonchev–Trinajstić information content (AvgIpc) is 2.89. The zero-order valence-electron chi connectivity index (χ0n) is 21.5. The fourth-order valence-electron chi connectivity index (χ4n) is 4.34. The van der Waals surface area contributed by atoms with Gasteiger partial charge in [-0.15, -0.1) is 0 Å². The highest BCUT2D eigenvalue weighted by molar-refractivity contribution is 5.90. The molecule has 1 saturated heterocycles. The van der Waals surface area contributed by atoms with Crippen LogP contribution in [0.1, 0.15) is 56.2 Å². The molecule has 2 aromatic carbocycles. The van der Waals surface area contributed by atoms with Crippen molar-refractivity contribution in [3.05, 3.63) is 65.5 Å². The molecule has 1 aliphatic rings. The van der Waals surface area contributed by atoms with Crippen LogP contribution in [0.25, 0.3) is 0 Å². The molecule has 1 amide bonds. The van der Waals surface area contributed by atoms with Crippen molar-refractivity contribution in [3.63, 3.8) is 0 Å². The molecule has 0 saturated carbocycles. The number of carbonyl (C=O) groups excluding carboxylic acids is 1. The van der Waals surface area contributed by atoms with Crippen LogP contribution in [-0.4, -0.2) is 40.1 Å². The molecule has 0 radical (unpaired) electrons. The number of ether oxygens (including phenoxy) is 1. The van der Waals surface area contributed by atoms with Crippen LogP contribution in [0.3, 0.4) is 0 Å². The van der Waals surface area contributed by atoms with E-state index in [1.54, 1.807) is 0 Å². The maximum absolute atomic E-state index is 11.5. The summed E-state index contributed by atoms with van der Waals surface area (Å²) in [6.07, 6.45) is 7.23. The van der Waals surface area contributed by atoms with Crippen molar-refractivity contribution in [2.75, 3.05) is 28.6 Å². The number of carbonyl (C=O) groups is 1. The first-order chi connectivity index (χ1) is 17.5. The number of amides is 1. The second-order valence-electron chi connectivity index (χ2n) is 9.31. The number of hydrogen-bond acceptors (Lipinski definition) is 7. The first kappa shape index (κ1) is 25.6. The van der Waals surface area contributed by atoms with Gasteiger partial charge in [0.05, 0.1) is 12.7 Å². The van der Waals surface area contributed by atoms with Crippen LogP contribution < -0.4 is 15.5 Å². The summed E-state index contributed by atoms with van der Waals surface area (Å²) in [4.78, 5) is 27.0. The van der Waals surface area contributed by atoms with Crippen LogP contribution in [0.5, 0.6) is 0 Å². The number of unbranched alkanes of at least 4 members (excludes halogenated alkanes) is 1. The predicted octanol–water partition coefficient (Wildman–Crippen LogP) is 5.41. The van der Waals surface area contributed by atoms with Crippen LogP contribution in [0.4, 0.5) is 23.3 Å². The Morgan fingerprint density at radius 1 is 1.06 bits per heavy atom. The van der Waals surface area contributed by atoms with E-state index in [9.17, 15) is 4.79 Å². The molecule has 36 heavy (non-hydrogen) atoms. The van der Waals surface area contributed by atoms with E-state index >= 15 is 0 Å². The van der Waals surface area contributed by atoms with Crippen LogP contribution in [0, 0.1) is 6.92 Å². The number of nitrogens with one attached hydrogen (secondary N) is 2. The summed E-state index contributed by atoms with van der Waals surface area (Å²) in [5, 5.41) is 6.11. The monoisotopic (exact) mass is 488 g/mol. The number of rotatable bonds is 10. The fourth-order valence-corrected chi connectivity index (χ4v) is 4.34. The molecule has 0 atom stereocenters. The molecule has 8 heteroatoms. The summed E-state index contributed by atoms with van der Waals surface area (Å²) < 4.78 is 6.21. The molecule has 0 bridgehead atoms. The van der Waals surface area contributed by atoms with Crippen molar-refractivity contribution in [1.82, 2.24) is 15.0 Å². The van der Waals surface area contributed by atoms with Crippen molar-refractivity contribution in [1.29, 1.82) is 0 Å². The average molecular weight is 489 g/mol. The summed E-state index contributed by atoms with van der Waals surface area (Å²) in [5.41, 5.74) is 5.14. The van der Waals surface area contributed by atoms with E-state index in [0.717, 1.165) is 49.3 Å². The highest BCUT2D eigenvalue weighted by Crippen LogP contribution is 2.26. The molecular formula is C28H36N6O2. The molecule has 3 aromatic rings. The van der Waals surface area contributed by atoms with E-state index in [2.05, 4.69) is 61.7 Å². The Kier molecular flexibility index (Phi) is 8.84. The van der Waals surface area contributed by atoms with E-state index in [4.69, 9.17) is 4.74 Å². The Balaban J connectivity index is 1.29. The van der Waals surface area contributed by atoms with Gasteiger partial charge in [-0.1, -0.05) is 43.7 Å². The molecule has 4 rings (SSSR count). The van der Waals surface area contributed by atoms with Gasteiger partial charge in [0.1, 0.15) is 6.33 Å². The Morgan fingerprint density at radius 3 is 2.50 bits per heavy atom. The largest absolute Gasteiger partial charge is 0.373 e. The summed E-state index contributed by atoms with van der Waals surface area (Å²) in [7, 11) is 0. The molecule has 1 aromatic heterocycles. The third-order valence-electron chi connectivity index (χ3n) is 6.50. The van der Waals surface area contributed by atoms with Gasteiger partial charge in [0.15, 0.2) is 0 Å². The Morgan fingerprint density at radius 2 is 1.78 bits per heavy atom. The topological polar surface area (TPSA) is 92.3 Å². The van der Waals surface area contributed by atoms with Gasteiger partial charge in [0, 0.05) is 31.4 Å². The minimum absolute atomic E-state index is 0.106. The van der Waals surface area contributed by atoms with E-state index in [-0.39, 0.29) is 12.0 Å². The lowest BCUT2D eigenvalue weighted by atomic mass is 10.1. The molecule has 2 heterocycles. The number of hydrogen-bond donors (Lipinski definition) is 2. The first-order valence-electron chi connectivity index (χ1n) is 12.8. The van der Waals surface area contributed by atoms with Gasteiger partial charge in [-0.2, -0.15) is 4.98 Å². The third kappa shape index (κ3) is 7.01. The summed E-state index contributed by atoms with van der Waals surface area (Å²) in [6.45, 7) is 7.98. The fraction of sp³-hybridized carbons (Fsp3) is 0.429. The van der Waals surface area contributed by atoms with E-state index in [1.165, 1.54) is 37.2 Å². The van der Waals surface area contributed by atoms with E-state index in [1.807, 2.05) is 25.1 Å². The van der Waals surface area contributed by atoms with Crippen LogP contribution in [0.15, 0.2) is 48.8 Å². The number of aryl methyl sites for hydroxylation is 1. The quantitative estimate of drug-likeness (QED) is 0.394. The van der Waals surface area contributed by atoms with Crippen LogP contribution >= 0.6 is 0 Å². The Hall–Kier alpha value is -3.52. The molecule has 1 aliphatic heterocycles. The van der Waals surface area contributed by atoms with Crippen molar-refractivity contribution in [3.8, 4) is 0 Å². The standard InChI is InChI=1S/C28H36N6O2/c1-4-5-7-22-10-12-23(13-11-22)18-36-24-14-16-34(17-15-24)28-30-19-29-27(33-28)32-26-9-6-8-25(20(26)2)31-21(3)35/h6,8-13,19,24H,4-5,7,14-18H2,1-3H3,(H,31,35)(H,29,30,32,33). The smallest absolute Gasteiger partial charge is 0.232 e. The number of anilines is 4. The van der Waals surface area contributed by atoms with E-state index < -0.39 is 0 Å². The molecule has 0 aliphatic carbocycles. The maximum Gasteiger partial charge on any atom is 0.232 e. The molecule has 0 spiro atoms. The molecule has 190 valence electrons. The lowest BCUT2D eigenvalue weighted by molar-refractivity contribution is -0.114. The van der Waals surface area contributed by atoms with Gasteiger partial charge >= 0.3 is 0 Å². The first-order valence-corrected chi connectivity index (χ1v) is 12.8. The zero-order valence-corrected chi connectivity index (χ0v) is 21.5. The minimum Gasteiger partial charge on any atom is -0.373 e. The second-order valence-corrected chi connectivity index (χ2v) is 9.31. The number of nitrogens with zero attached hydrogens (tertiary/aromatic N) is 4. The Labute approximate surface area is 213 Å². The molecule has 0 unspecified atom stereocenters. The van der Waals surface area contributed by atoms with Gasteiger partial charge in [0.25, 0.3) is 0 Å². The molecular weight excluding hydrogens is 452 g/mol. The lowest BCUT2D eigenvalue weighted by Gasteiger charge is -2.32. The second kappa shape index (κ2) is 12.4. The van der Waals surface area contributed by atoms with Crippen molar-refractivity contribution < 1.29 is 9.53 Å². The Bertz CT molecular complexity index is 1140. The van der Waals surface area contributed by atoms with Gasteiger partial charge in [0.2, 0.25) is 17.8 Å². The van der Waals surface area contributed by atoms with Gasteiger partial charge in [-0.3, -0.25) is 4.79 Å². The summed E-state index contributed by atoms with van der Waals surface area (Å²) in [6, 6.07) is 14.5. The van der Waals surface area contributed by atoms with Gasteiger partial charge < -0.3 is 20.3 Å². The molecule has 2 N–H and O–H groups in total. The number of piperidine rings is 1.